The predicted molar refractivity (Wildman–Crippen MR) is 196 cm³/mol. The number of pyridine rings is 1. The van der Waals surface area contributed by atoms with Crippen LogP contribution in [0.4, 0.5) is 0 Å². The monoisotopic (exact) mass is 656 g/mol. The first-order chi connectivity index (χ1) is 23.6. The van der Waals surface area contributed by atoms with Crippen LogP contribution in [0.5, 0.6) is 0 Å². The molecule has 0 unspecified atom stereocenters. The van der Waals surface area contributed by atoms with Crippen molar-refractivity contribution in [2.24, 2.45) is 0 Å². The van der Waals surface area contributed by atoms with Crippen molar-refractivity contribution in [3.8, 4) is 28.7 Å². The predicted octanol–water partition coefficient (Wildman–Crippen LogP) is 10.7. The van der Waals surface area contributed by atoms with Gasteiger partial charge in [-0.15, -0.1) is 0 Å². The second kappa shape index (κ2) is 10.3. The Kier molecular flexibility index (Phi) is 5.88. The number of hydrogen-bond donors (Lipinski definition) is 0. The number of nitrogens with zero attached hydrogens (tertiary/aromatic N) is 6. The molecular formula is C40H22Cl2N6. The van der Waals surface area contributed by atoms with E-state index in [4.69, 9.17) is 43.1 Å². The number of fused-ring (bicyclic) bond motifs is 12. The molecule has 48 heavy (non-hydrogen) atoms. The highest BCUT2D eigenvalue weighted by atomic mass is 35.5. The number of rotatable bonds is 3. The topological polar surface area (TPSA) is 60.9 Å². The van der Waals surface area contributed by atoms with Crippen LogP contribution in [-0.2, 0) is 0 Å². The Morgan fingerprint density at radius 1 is 0.417 bits per heavy atom. The van der Waals surface area contributed by atoms with E-state index in [1.54, 1.807) is 0 Å². The van der Waals surface area contributed by atoms with Gasteiger partial charge in [0.15, 0.2) is 11.6 Å². The highest BCUT2D eigenvalue weighted by Gasteiger charge is 2.22. The second-order valence-corrected chi connectivity index (χ2v) is 12.7. The molecule has 4 heterocycles. The maximum Gasteiger partial charge on any atom is 0.238 e. The lowest BCUT2D eigenvalue weighted by atomic mass is 10.1. The number of hydrogen-bond acceptors (Lipinski definition) is 4. The van der Waals surface area contributed by atoms with Crippen LogP contribution in [0.1, 0.15) is 0 Å². The first kappa shape index (κ1) is 27.3. The Hall–Kier alpha value is -5.82. The quantitative estimate of drug-likeness (QED) is 0.177. The van der Waals surface area contributed by atoms with E-state index in [1.807, 2.05) is 54.6 Å². The van der Waals surface area contributed by atoms with E-state index in [9.17, 15) is 0 Å². The Labute approximate surface area is 283 Å². The van der Waals surface area contributed by atoms with Crippen LogP contribution < -0.4 is 0 Å². The standard InChI is InChI=1S/C40H22Cl2N6/c41-25-17-13-23(14-18-25)37-44-38(24-15-19-26(42)20-16-24)46-40(45-37)48-33-12-6-4-9-29(33)30-21-22-34-35(36(30)48)43-39-31-10-2-1-7-27(31)28-8-3-5-11-32(28)47(34)39/h1-22H. The Morgan fingerprint density at radius 3 is 1.60 bits per heavy atom. The second-order valence-electron chi connectivity index (χ2n) is 11.8. The first-order valence-corrected chi connectivity index (χ1v) is 16.3. The number of imidazole rings is 1. The molecule has 6 aromatic carbocycles. The zero-order valence-corrected chi connectivity index (χ0v) is 26.7. The fraction of sp³-hybridized carbons (Fsp3) is 0. The van der Waals surface area contributed by atoms with Gasteiger partial charge in [0.2, 0.25) is 5.95 Å². The largest absolute Gasteiger partial charge is 0.292 e. The summed E-state index contributed by atoms with van der Waals surface area (Å²) >= 11 is 12.5. The summed E-state index contributed by atoms with van der Waals surface area (Å²) in [7, 11) is 0. The van der Waals surface area contributed by atoms with Crippen molar-refractivity contribution in [1.29, 1.82) is 0 Å². The molecule has 0 saturated carbocycles. The van der Waals surface area contributed by atoms with Crippen molar-refractivity contribution in [3.05, 3.63) is 144 Å². The van der Waals surface area contributed by atoms with Crippen LogP contribution >= 0.6 is 23.2 Å². The van der Waals surface area contributed by atoms with E-state index in [1.165, 1.54) is 10.8 Å². The molecule has 4 aromatic heterocycles. The smallest absolute Gasteiger partial charge is 0.238 e. The van der Waals surface area contributed by atoms with Gasteiger partial charge in [-0.05, 0) is 78.2 Å². The van der Waals surface area contributed by atoms with Crippen molar-refractivity contribution in [2.75, 3.05) is 0 Å². The fourth-order valence-corrected chi connectivity index (χ4v) is 7.20. The Morgan fingerprint density at radius 2 is 0.958 bits per heavy atom. The molecule has 226 valence electrons. The molecule has 0 aliphatic rings. The maximum atomic E-state index is 6.27. The molecule has 0 radical (unpaired) electrons. The van der Waals surface area contributed by atoms with E-state index >= 15 is 0 Å². The highest BCUT2D eigenvalue weighted by Crippen LogP contribution is 2.39. The van der Waals surface area contributed by atoms with E-state index in [0.29, 0.717) is 27.6 Å². The maximum absolute atomic E-state index is 6.27. The van der Waals surface area contributed by atoms with Crippen LogP contribution in [0.15, 0.2) is 133 Å². The number of halogens is 2. The summed E-state index contributed by atoms with van der Waals surface area (Å²) in [5.41, 5.74) is 7.45. The lowest BCUT2D eigenvalue weighted by Crippen LogP contribution is -2.06. The van der Waals surface area contributed by atoms with Gasteiger partial charge in [0, 0.05) is 42.7 Å². The van der Waals surface area contributed by atoms with Crippen molar-refractivity contribution in [3.63, 3.8) is 0 Å². The Balaban J connectivity index is 1.37. The van der Waals surface area contributed by atoms with E-state index in [-0.39, 0.29) is 0 Å². The van der Waals surface area contributed by atoms with Crippen LogP contribution in [-0.4, -0.2) is 28.9 Å². The summed E-state index contributed by atoms with van der Waals surface area (Å²) in [6, 6.07) is 44.8. The molecule has 0 fully saturated rings. The van der Waals surface area contributed by atoms with E-state index in [2.05, 4.69) is 87.8 Å². The van der Waals surface area contributed by atoms with Gasteiger partial charge in [0.1, 0.15) is 11.2 Å². The molecule has 0 aliphatic heterocycles. The van der Waals surface area contributed by atoms with Crippen molar-refractivity contribution < 1.29 is 0 Å². The average molecular weight is 658 g/mol. The van der Waals surface area contributed by atoms with Gasteiger partial charge < -0.3 is 0 Å². The summed E-state index contributed by atoms with van der Waals surface area (Å²) in [6.07, 6.45) is 0. The zero-order chi connectivity index (χ0) is 31.9. The highest BCUT2D eigenvalue weighted by molar-refractivity contribution is 6.31. The molecule has 0 N–H and O–H groups in total. The van der Waals surface area contributed by atoms with Crippen molar-refractivity contribution in [2.45, 2.75) is 0 Å². The molecule has 10 rings (SSSR count). The van der Waals surface area contributed by atoms with Crippen LogP contribution in [0.3, 0.4) is 0 Å². The van der Waals surface area contributed by atoms with Gasteiger partial charge in [-0.2, -0.15) is 9.97 Å². The normalized spacial score (nSPS) is 12.0. The van der Waals surface area contributed by atoms with E-state index in [0.717, 1.165) is 60.5 Å². The van der Waals surface area contributed by atoms with Gasteiger partial charge in [0.25, 0.3) is 0 Å². The molecular weight excluding hydrogens is 635 g/mol. The molecule has 10 aromatic rings. The summed E-state index contributed by atoms with van der Waals surface area (Å²) in [4.78, 5) is 20.6. The van der Waals surface area contributed by atoms with Crippen LogP contribution in [0.2, 0.25) is 10.0 Å². The molecule has 8 heteroatoms. The van der Waals surface area contributed by atoms with Gasteiger partial charge in [0.05, 0.1) is 22.1 Å². The van der Waals surface area contributed by atoms with Gasteiger partial charge in [-0.25, -0.2) is 9.97 Å². The number of para-hydroxylation sites is 2. The molecule has 0 aliphatic carbocycles. The third-order valence-corrected chi connectivity index (χ3v) is 9.59. The zero-order valence-electron chi connectivity index (χ0n) is 25.1. The molecule has 0 spiro atoms. The van der Waals surface area contributed by atoms with Crippen LogP contribution in [0.25, 0.3) is 88.9 Å². The summed E-state index contributed by atoms with van der Waals surface area (Å²) in [5.74, 6) is 1.56. The lowest BCUT2D eigenvalue weighted by Gasteiger charge is -2.11. The SMILES string of the molecule is Clc1ccc(-c2nc(-c3ccc(Cl)cc3)nc(-n3c4ccccc4c4ccc5c(nc6c7ccccc7c7ccccc7n56)c43)n2)cc1. The minimum absolute atomic E-state index is 0.491. The summed E-state index contributed by atoms with van der Waals surface area (Å²) in [5, 5.41) is 6.88. The molecule has 0 saturated heterocycles. The third kappa shape index (κ3) is 4.00. The van der Waals surface area contributed by atoms with Crippen molar-refractivity contribution in [1.82, 2.24) is 28.9 Å². The fourth-order valence-electron chi connectivity index (χ4n) is 6.95. The first-order valence-electron chi connectivity index (χ1n) is 15.5. The minimum Gasteiger partial charge on any atom is -0.292 e. The summed E-state index contributed by atoms with van der Waals surface area (Å²) < 4.78 is 4.41. The minimum atomic E-state index is 0.491. The third-order valence-electron chi connectivity index (χ3n) is 9.09. The number of benzene rings is 6. The van der Waals surface area contributed by atoms with Gasteiger partial charge in [-0.3, -0.25) is 8.97 Å². The summed E-state index contributed by atoms with van der Waals surface area (Å²) in [6.45, 7) is 0. The van der Waals surface area contributed by atoms with E-state index < -0.39 is 0 Å². The molecule has 0 bridgehead atoms. The average Bonchev–Trinajstić information content (AvgIpc) is 3.69. The lowest BCUT2D eigenvalue weighted by molar-refractivity contribution is 0.954. The Bertz CT molecular complexity index is 2840. The molecule has 0 amide bonds. The van der Waals surface area contributed by atoms with Gasteiger partial charge in [-0.1, -0.05) is 83.9 Å². The molecule has 6 nitrogen and oxygen atoms in total. The number of aromatic nitrogens is 6. The molecule has 0 atom stereocenters. The van der Waals surface area contributed by atoms with Crippen LogP contribution in [0, 0.1) is 0 Å². The van der Waals surface area contributed by atoms with Gasteiger partial charge >= 0.3 is 0 Å². The van der Waals surface area contributed by atoms with Crippen molar-refractivity contribution >= 4 is 83.4 Å².